The van der Waals surface area contributed by atoms with Gasteiger partial charge in [0, 0.05) is 0 Å². The fraction of sp³-hybridized carbons (Fsp3) is 0.500. The maximum Gasteiger partial charge on any atom is 0.470 e. The van der Waals surface area contributed by atoms with Crippen LogP contribution < -0.4 is 5.73 Å². The van der Waals surface area contributed by atoms with Gasteiger partial charge < -0.3 is 25.4 Å². The Kier molecular flexibility index (Phi) is 4.04. The van der Waals surface area contributed by atoms with Gasteiger partial charge in [-0.05, 0) is 0 Å². The lowest BCUT2D eigenvalue weighted by Gasteiger charge is -2.21. The Morgan fingerprint density at radius 1 is 1.43 bits per heavy atom. The number of phosphoric ester groups is 1. The molecule has 126 valence electrons. The van der Waals surface area contributed by atoms with E-state index >= 15 is 0 Å². The first-order valence-electron chi connectivity index (χ1n) is 6.39. The van der Waals surface area contributed by atoms with Crippen LogP contribution in [0, 0.1) is 0 Å². The Bertz CT molecular complexity index is 767. The number of fused-ring (bicyclic) bond motifs is 1. The molecule has 11 nitrogen and oxygen atoms in total. The molecule has 1 aliphatic heterocycles. The third-order valence-electron chi connectivity index (χ3n) is 3.36. The molecule has 0 aliphatic carbocycles. The van der Waals surface area contributed by atoms with Crippen LogP contribution in [0.25, 0.3) is 11.2 Å². The third-order valence-corrected chi connectivity index (χ3v) is 3.88. The Morgan fingerprint density at radius 3 is 2.83 bits per heavy atom. The molecular weight excluding hydrogens is 336 g/mol. The summed E-state index contributed by atoms with van der Waals surface area (Å²) >= 11 is 0. The molecule has 2 aromatic heterocycles. The highest BCUT2D eigenvalue weighted by Crippen LogP contribution is 2.45. The summed E-state index contributed by atoms with van der Waals surface area (Å²) in [7, 11) is -4.99. The molecule has 13 heteroatoms. The first kappa shape index (κ1) is 16.2. The van der Waals surface area contributed by atoms with Gasteiger partial charge in [-0.3, -0.25) is 9.09 Å². The summed E-state index contributed by atoms with van der Waals surface area (Å²) < 4.78 is 36.3. The number of rotatable bonds is 4. The predicted molar refractivity (Wildman–Crippen MR) is 72.5 cm³/mol. The van der Waals surface area contributed by atoms with Crippen LogP contribution in [0.1, 0.15) is 6.23 Å². The molecule has 1 saturated heterocycles. The SMILES string of the molecule is Nc1ncnc2c1ncn2[C@@H]1O[C@H](CO)[C@@H](F)[C@H]1OP(=O)(O)O. The summed E-state index contributed by atoms with van der Waals surface area (Å²) in [6, 6.07) is 0. The minimum absolute atomic E-state index is 0.0784. The monoisotopic (exact) mass is 349 g/mol. The molecule has 2 aromatic rings. The Labute approximate surface area is 128 Å². The molecule has 0 saturated carbocycles. The Morgan fingerprint density at radius 2 is 2.17 bits per heavy atom. The molecule has 0 amide bonds. The lowest BCUT2D eigenvalue weighted by Crippen LogP contribution is -2.31. The topological polar surface area (TPSA) is 166 Å². The van der Waals surface area contributed by atoms with Crippen LogP contribution in [0.2, 0.25) is 0 Å². The van der Waals surface area contributed by atoms with Crippen molar-refractivity contribution in [3.8, 4) is 0 Å². The fourth-order valence-corrected chi connectivity index (χ4v) is 2.93. The highest BCUT2D eigenvalue weighted by molar-refractivity contribution is 7.46. The van der Waals surface area contributed by atoms with Gasteiger partial charge in [0.05, 0.1) is 12.9 Å². The van der Waals surface area contributed by atoms with Gasteiger partial charge in [-0.1, -0.05) is 0 Å². The van der Waals surface area contributed by atoms with Crippen LogP contribution in [-0.2, 0) is 13.8 Å². The van der Waals surface area contributed by atoms with Crippen molar-refractivity contribution in [1.29, 1.82) is 0 Å². The van der Waals surface area contributed by atoms with E-state index in [0.29, 0.717) is 0 Å². The van der Waals surface area contributed by atoms with Gasteiger partial charge in [0.1, 0.15) is 24.1 Å². The zero-order valence-corrected chi connectivity index (χ0v) is 12.3. The zero-order valence-electron chi connectivity index (χ0n) is 11.4. The van der Waals surface area contributed by atoms with Crippen LogP contribution in [0.15, 0.2) is 12.7 Å². The van der Waals surface area contributed by atoms with E-state index in [9.17, 15) is 8.96 Å². The molecule has 0 unspecified atom stereocenters. The van der Waals surface area contributed by atoms with E-state index < -0.39 is 39.0 Å². The number of ether oxygens (including phenoxy) is 1. The van der Waals surface area contributed by atoms with E-state index in [4.69, 9.17) is 25.4 Å². The largest absolute Gasteiger partial charge is 0.470 e. The molecule has 0 bridgehead atoms. The molecule has 0 spiro atoms. The lowest BCUT2D eigenvalue weighted by molar-refractivity contribution is -0.0487. The molecule has 23 heavy (non-hydrogen) atoms. The number of imidazole rings is 1. The van der Waals surface area contributed by atoms with Crippen molar-refractivity contribution in [2.45, 2.75) is 24.6 Å². The minimum atomic E-state index is -4.99. The number of nitrogen functional groups attached to an aromatic ring is 1. The summed E-state index contributed by atoms with van der Waals surface area (Å²) in [6.45, 7) is -0.692. The first-order valence-corrected chi connectivity index (χ1v) is 7.92. The molecule has 1 aliphatic rings. The molecule has 4 atom stereocenters. The zero-order chi connectivity index (χ0) is 16.8. The van der Waals surface area contributed by atoms with Gasteiger partial charge in [-0.25, -0.2) is 23.9 Å². The summed E-state index contributed by atoms with van der Waals surface area (Å²) in [4.78, 5) is 29.6. The van der Waals surface area contributed by atoms with E-state index in [1.54, 1.807) is 0 Å². The van der Waals surface area contributed by atoms with Crippen molar-refractivity contribution in [2.75, 3.05) is 12.3 Å². The maximum absolute atomic E-state index is 14.3. The predicted octanol–water partition coefficient (Wildman–Crippen LogP) is -0.886. The smallest absolute Gasteiger partial charge is 0.394 e. The van der Waals surface area contributed by atoms with Gasteiger partial charge in [0.15, 0.2) is 23.9 Å². The van der Waals surface area contributed by atoms with Crippen molar-refractivity contribution in [3.63, 3.8) is 0 Å². The molecule has 0 radical (unpaired) electrons. The van der Waals surface area contributed by atoms with Crippen LogP contribution in [0.4, 0.5) is 10.2 Å². The number of aliphatic hydroxyl groups is 1. The van der Waals surface area contributed by atoms with Crippen molar-refractivity contribution in [1.82, 2.24) is 19.5 Å². The molecule has 5 N–H and O–H groups in total. The maximum atomic E-state index is 14.3. The fourth-order valence-electron chi connectivity index (χ4n) is 2.39. The van der Waals surface area contributed by atoms with Gasteiger partial charge in [0.2, 0.25) is 0 Å². The van der Waals surface area contributed by atoms with Crippen LogP contribution in [0.3, 0.4) is 0 Å². The number of phosphoric acid groups is 1. The van der Waals surface area contributed by atoms with Crippen LogP contribution in [0.5, 0.6) is 0 Å². The van der Waals surface area contributed by atoms with Gasteiger partial charge >= 0.3 is 7.82 Å². The number of alkyl halides is 1. The molecule has 0 aromatic carbocycles. The Hall–Kier alpha value is -1.69. The normalized spacial score (nSPS) is 28.5. The van der Waals surface area contributed by atoms with Crippen molar-refractivity contribution < 1.29 is 33.1 Å². The number of nitrogens with two attached hydrogens (primary N) is 1. The standard InChI is InChI=1S/C10H13FN5O6P/c11-5-4(1-17)21-10(7(5)22-23(18,19)20)16-3-15-6-8(12)13-2-14-9(6)16/h2-5,7,10,17H,1H2,(H2,12,13,14)(H2,18,19,20)/t4-,5-,7-,10-/m1/s1. The van der Waals surface area contributed by atoms with Crippen LogP contribution >= 0.6 is 7.82 Å². The molecule has 3 heterocycles. The highest BCUT2D eigenvalue weighted by atomic mass is 31.2. The average molecular weight is 349 g/mol. The van der Waals surface area contributed by atoms with Gasteiger partial charge in [-0.2, -0.15) is 0 Å². The van der Waals surface area contributed by atoms with E-state index in [2.05, 4.69) is 19.5 Å². The Balaban J connectivity index is 2.04. The number of hydrogen-bond acceptors (Lipinski definition) is 8. The molecule has 1 fully saturated rings. The van der Waals surface area contributed by atoms with E-state index in [1.807, 2.05) is 0 Å². The molecule has 3 rings (SSSR count). The van der Waals surface area contributed by atoms with Gasteiger partial charge in [0.25, 0.3) is 0 Å². The number of hydrogen-bond donors (Lipinski definition) is 4. The van der Waals surface area contributed by atoms with E-state index in [1.165, 1.54) is 10.9 Å². The highest BCUT2D eigenvalue weighted by Gasteiger charge is 2.49. The number of nitrogens with zero attached hydrogens (tertiary/aromatic N) is 4. The van der Waals surface area contributed by atoms with Crippen molar-refractivity contribution >= 4 is 24.8 Å². The summed E-state index contributed by atoms with van der Waals surface area (Å²) in [5.74, 6) is 0.0784. The second kappa shape index (κ2) is 5.74. The number of halogens is 1. The lowest BCUT2D eigenvalue weighted by atomic mass is 10.1. The number of aliphatic hydroxyl groups excluding tert-OH is 1. The first-order chi connectivity index (χ1) is 10.8. The van der Waals surface area contributed by atoms with Crippen molar-refractivity contribution in [2.24, 2.45) is 0 Å². The summed E-state index contributed by atoms with van der Waals surface area (Å²) in [5.41, 5.74) is 6.04. The van der Waals surface area contributed by atoms with Crippen molar-refractivity contribution in [3.05, 3.63) is 12.7 Å². The third kappa shape index (κ3) is 2.92. The second-order valence-electron chi connectivity index (χ2n) is 4.84. The minimum Gasteiger partial charge on any atom is -0.394 e. The quantitative estimate of drug-likeness (QED) is 0.509. The summed E-state index contributed by atoms with van der Waals surface area (Å²) in [6.07, 6.45) is -3.87. The van der Waals surface area contributed by atoms with Crippen LogP contribution in [-0.4, -0.2) is 59.4 Å². The van der Waals surface area contributed by atoms with E-state index in [0.717, 1.165) is 6.33 Å². The number of aromatic nitrogens is 4. The number of anilines is 1. The molecular formula is C10H13FN5O6P. The average Bonchev–Trinajstić information content (AvgIpc) is 3.01. The summed E-state index contributed by atoms with van der Waals surface area (Å²) in [5, 5.41) is 9.14. The second-order valence-corrected chi connectivity index (χ2v) is 6.03. The van der Waals surface area contributed by atoms with Gasteiger partial charge in [-0.15, -0.1) is 0 Å². The van der Waals surface area contributed by atoms with E-state index in [-0.39, 0.29) is 17.0 Å².